The summed E-state index contributed by atoms with van der Waals surface area (Å²) < 4.78 is 55.7. The SMILES string of the molecule is COc1cc(C(=O)N2CCC(C)Sc3ccc(C(F)(F)F)cc32)c([N+](=O)[O-])c(OC)c1OC. The van der Waals surface area contributed by atoms with Crippen LogP contribution in [0, 0.1) is 10.1 Å². The third kappa shape index (κ3) is 4.65. The van der Waals surface area contributed by atoms with E-state index in [0.717, 1.165) is 23.1 Å². The van der Waals surface area contributed by atoms with E-state index in [0.29, 0.717) is 11.3 Å². The molecule has 178 valence electrons. The minimum absolute atomic E-state index is 0.00475. The number of nitrogens with zero attached hydrogens (tertiary/aromatic N) is 2. The van der Waals surface area contributed by atoms with Crippen LogP contribution in [-0.4, -0.2) is 44.0 Å². The molecule has 1 amide bonds. The van der Waals surface area contributed by atoms with Gasteiger partial charge in [-0.25, -0.2) is 0 Å². The van der Waals surface area contributed by atoms with Gasteiger partial charge in [0.1, 0.15) is 5.56 Å². The Kier molecular flexibility index (Phi) is 6.96. The second-order valence-corrected chi connectivity index (χ2v) is 8.63. The summed E-state index contributed by atoms with van der Waals surface area (Å²) in [6, 6.07) is 4.29. The van der Waals surface area contributed by atoms with E-state index in [9.17, 15) is 28.1 Å². The molecule has 0 aliphatic carbocycles. The number of halogens is 3. The van der Waals surface area contributed by atoms with E-state index in [1.165, 1.54) is 39.2 Å². The Hall–Kier alpha value is -3.15. The standard InChI is InChI=1S/C21H21F3N2O6S/c1-11-7-8-25(14-9-12(21(22,23)24)5-6-16(14)33-11)20(27)13-10-15(30-2)18(31-3)19(32-4)17(13)26(28)29/h5-6,9-11H,7-8H2,1-4H3. The zero-order valence-corrected chi connectivity index (χ0v) is 19.0. The second-order valence-electron chi connectivity index (χ2n) is 7.15. The van der Waals surface area contributed by atoms with Crippen LogP contribution >= 0.6 is 11.8 Å². The summed E-state index contributed by atoms with van der Waals surface area (Å²) in [6.45, 7) is 1.96. The van der Waals surface area contributed by atoms with E-state index in [1.807, 2.05) is 6.92 Å². The zero-order valence-electron chi connectivity index (χ0n) is 18.2. The number of anilines is 1. The molecule has 1 heterocycles. The molecule has 2 aromatic rings. The van der Waals surface area contributed by atoms with Crippen molar-refractivity contribution in [1.82, 2.24) is 0 Å². The Morgan fingerprint density at radius 1 is 1.15 bits per heavy atom. The van der Waals surface area contributed by atoms with Gasteiger partial charge in [0.15, 0.2) is 5.75 Å². The maximum Gasteiger partial charge on any atom is 0.416 e. The highest BCUT2D eigenvalue weighted by Crippen LogP contribution is 2.48. The van der Waals surface area contributed by atoms with Gasteiger partial charge in [0.25, 0.3) is 5.91 Å². The maximum atomic E-state index is 13.6. The fourth-order valence-corrected chi connectivity index (χ4v) is 4.65. The lowest BCUT2D eigenvalue weighted by atomic mass is 10.1. The Bertz CT molecular complexity index is 1090. The number of nitro groups is 1. The van der Waals surface area contributed by atoms with Crippen LogP contribution in [0.4, 0.5) is 24.5 Å². The van der Waals surface area contributed by atoms with Crippen molar-refractivity contribution in [3.63, 3.8) is 0 Å². The molecule has 0 fully saturated rings. The van der Waals surface area contributed by atoms with Gasteiger partial charge < -0.3 is 19.1 Å². The van der Waals surface area contributed by atoms with Crippen LogP contribution in [0.1, 0.15) is 29.3 Å². The minimum atomic E-state index is -4.62. The van der Waals surface area contributed by atoms with Crippen LogP contribution in [0.5, 0.6) is 17.2 Å². The molecule has 0 spiro atoms. The van der Waals surface area contributed by atoms with Crippen molar-refractivity contribution in [3.8, 4) is 17.2 Å². The minimum Gasteiger partial charge on any atom is -0.493 e. The number of methoxy groups -OCH3 is 3. The molecule has 1 atom stereocenters. The largest absolute Gasteiger partial charge is 0.493 e. The predicted molar refractivity (Wildman–Crippen MR) is 116 cm³/mol. The number of fused-ring (bicyclic) bond motifs is 1. The highest BCUT2D eigenvalue weighted by atomic mass is 32.2. The summed E-state index contributed by atoms with van der Waals surface area (Å²) in [4.78, 5) is 26.3. The first-order chi connectivity index (χ1) is 15.5. The molecule has 8 nitrogen and oxygen atoms in total. The summed E-state index contributed by atoms with van der Waals surface area (Å²) in [5.41, 5.74) is -1.95. The smallest absolute Gasteiger partial charge is 0.416 e. The number of carbonyl (C=O) groups excluding carboxylic acids is 1. The van der Waals surface area contributed by atoms with Crippen molar-refractivity contribution in [2.24, 2.45) is 0 Å². The van der Waals surface area contributed by atoms with Crippen molar-refractivity contribution in [1.29, 1.82) is 0 Å². The topological polar surface area (TPSA) is 91.1 Å². The molecule has 0 bridgehead atoms. The van der Waals surface area contributed by atoms with E-state index in [-0.39, 0.29) is 34.7 Å². The molecule has 12 heteroatoms. The number of thioether (sulfide) groups is 1. The van der Waals surface area contributed by atoms with Gasteiger partial charge in [0.05, 0.1) is 37.5 Å². The number of rotatable bonds is 5. The van der Waals surface area contributed by atoms with Crippen LogP contribution in [0.15, 0.2) is 29.2 Å². The molecule has 0 saturated carbocycles. The number of amides is 1. The van der Waals surface area contributed by atoms with Gasteiger partial charge in [-0.3, -0.25) is 14.9 Å². The number of hydrogen-bond donors (Lipinski definition) is 0. The van der Waals surface area contributed by atoms with Crippen LogP contribution in [0.25, 0.3) is 0 Å². The Labute approximate surface area is 191 Å². The molecule has 0 radical (unpaired) electrons. The van der Waals surface area contributed by atoms with E-state index in [1.54, 1.807) is 0 Å². The first kappa shape index (κ1) is 24.5. The molecule has 0 saturated heterocycles. The van der Waals surface area contributed by atoms with Gasteiger partial charge in [0.2, 0.25) is 11.5 Å². The lowest BCUT2D eigenvalue weighted by Crippen LogP contribution is -2.33. The van der Waals surface area contributed by atoms with Gasteiger partial charge >= 0.3 is 11.9 Å². The van der Waals surface area contributed by atoms with E-state index in [2.05, 4.69) is 0 Å². The van der Waals surface area contributed by atoms with Crippen molar-refractivity contribution in [2.45, 2.75) is 29.7 Å². The van der Waals surface area contributed by atoms with Crippen molar-refractivity contribution >= 4 is 29.0 Å². The number of nitro benzene ring substituents is 1. The molecule has 33 heavy (non-hydrogen) atoms. The average Bonchev–Trinajstić information content (AvgIpc) is 2.93. The maximum absolute atomic E-state index is 13.6. The zero-order chi connectivity index (χ0) is 24.5. The summed E-state index contributed by atoms with van der Waals surface area (Å²) in [6.07, 6.45) is -4.16. The van der Waals surface area contributed by atoms with Gasteiger partial charge in [0, 0.05) is 22.8 Å². The molecule has 3 rings (SSSR count). The fourth-order valence-electron chi connectivity index (χ4n) is 3.55. The van der Waals surface area contributed by atoms with Crippen LogP contribution < -0.4 is 19.1 Å². The van der Waals surface area contributed by atoms with Crippen LogP contribution in [0.2, 0.25) is 0 Å². The van der Waals surface area contributed by atoms with Crippen LogP contribution in [0.3, 0.4) is 0 Å². The molecule has 1 unspecified atom stereocenters. The molecular formula is C21H21F3N2O6S. The van der Waals surface area contributed by atoms with Gasteiger partial charge in [-0.1, -0.05) is 6.92 Å². The summed E-state index contributed by atoms with van der Waals surface area (Å²) in [5.74, 6) is -1.25. The fraction of sp³-hybridized carbons (Fsp3) is 0.381. The highest BCUT2D eigenvalue weighted by Gasteiger charge is 2.37. The lowest BCUT2D eigenvalue weighted by Gasteiger charge is -2.24. The number of hydrogen-bond acceptors (Lipinski definition) is 7. The molecule has 1 aliphatic rings. The highest BCUT2D eigenvalue weighted by molar-refractivity contribution is 8.00. The number of alkyl halides is 3. The monoisotopic (exact) mass is 486 g/mol. The molecule has 0 N–H and O–H groups in total. The van der Waals surface area contributed by atoms with E-state index in [4.69, 9.17) is 14.2 Å². The van der Waals surface area contributed by atoms with Crippen molar-refractivity contribution in [2.75, 3.05) is 32.8 Å². The molecule has 1 aliphatic heterocycles. The lowest BCUT2D eigenvalue weighted by molar-refractivity contribution is -0.386. The number of benzene rings is 2. The molecular weight excluding hydrogens is 465 g/mol. The van der Waals surface area contributed by atoms with Gasteiger partial charge in [-0.05, 0) is 24.6 Å². The van der Waals surface area contributed by atoms with Gasteiger partial charge in [-0.15, -0.1) is 11.8 Å². The third-order valence-electron chi connectivity index (χ3n) is 5.13. The van der Waals surface area contributed by atoms with Gasteiger partial charge in [-0.2, -0.15) is 13.2 Å². The van der Waals surface area contributed by atoms with Crippen molar-refractivity contribution in [3.05, 3.63) is 45.5 Å². The summed E-state index contributed by atoms with van der Waals surface area (Å²) >= 11 is 1.34. The molecule has 2 aromatic carbocycles. The third-order valence-corrected chi connectivity index (χ3v) is 6.36. The van der Waals surface area contributed by atoms with Crippen LogP contribution in [-0.2, 0) is 6.18 Å². The van der Waals surface area contributed by atoms with E-state index < -0.39 is 33.8 Å². The Balaban J connectivity index is 2.24. The number of ether oxygens (including phenoxy) is 3. The van der Waals surface area contributed by atoms with E-state index >= 15 is 0 Å². The Morgan fingerprint density at radius 2 is 1.82 bits per heavy atom. The second kappa shape index (κ2) is 9.38. The van der Waals surface area contributed by atoms with Crippen molar-refractivity contribution < 1.29 is 37.1 Å². The average molecular weight is 486 g/mol. The first-order valence-corrected chi connectivity index (χ1v) is 10.6. The summed E-state index contributed by atoms with van der Waals surface area (Å²) in [7, 11) is 3.72. The Morgan fingerprint density at radius 3 is 2.36 bits per heavy atom. The quantitative estimate of drug-likeness (QED) is 0.425. The summed E-state index contributed by atoms with van der Waals surface area (Å²) in [5, 5.41) is 11.9. The normalized spacial score (nSPS) is 16.0. The number of carbonyl (C=O) groups is 1. The predicted octanol–water partition coefficient (Wildman–Crippen LogP) is 5.17. The molecule has 0 aromatic heterocycles. The first-order valence-electron chi connectivity index (χ1n) is 9.70.